The molecule has 0 saturated heterocycles. The Morgan fingerprint density at radius 3 is 2.33 bits per heavy atom. The molecule has 0 aromatic heterocycles. The summed E-state index contributed by atoms with van der Waals surface area (Å²) in [6.07, 6.45) is 0.481. The number of rotatable bonds is 5. The SMILES string of the molecule is CC/C(=N\NS(=O)(=O)c1ccccc1)c1ccccc1O. The van der Waals surface area contributed by atoms with Gasteiger partial charge in [-0.1, -0.05) is 37.3 Å². The third-order valence-corrected chi connectivity index (χ3v) is 4.13. The van der Waals surface area contributed by atoms with Crippen molar-refractivity contribution < 1.29 is 13.5 Å². The van der Waals surface area contributed by atoms with Crippen LogP contribution >= 0.6 is 0 Å². The van der Waals surface area contributed by atoms with Crippen molar-refractivity contribution in [1.29, 1.82) is 0 Å². The van der Waals surface area contributed by atoms with E-state index < -0.39 is 10.0 Å². The number of sulfonamides is 1. The molecule has 0 radical (unpaired) electrons. The van der Waals surface area contributed by atoms with E-state index in [-0.39, 0.29) is 10.6 Å². The van der Waals surface area contributed by atoms with Crippen molar-refractivity contribution in [2.24, 2.45) is 5.10 Å². The molecule has 0 fully saturated rings. The fourth-order valence-electron chi connectivity index (χ4n) is 1.81. The Morgan fingerprint density at radius 1 is 1.10 bits per heavy atom. The second-order valence-corrected chi connectivity index (χ2v) is 6.00. The Labute approximate surface area is 124 Å². The summed E-state index contributed by atoms with van der Waals surface area (Å²) in [4.78, 5) is 2.34. The summed E-state index contributed by atoms with van der Waals surface area (Å²) in [5.74, 6) is 0.0667. The Hall–Kier alpha value is -2.34. The van der Waals surface area contributed by atoms with Crippen LogP contribution in [0.5, 0.6) is 5.75 Å². The summed E-state index contributed by atoms with van der Waals surface area (Å²) in [6.45, 7) is 1.84. The monoisotopic (exact) mass is 304 g/mol. The van der Waals surface area contributed by atoms with Gasteiger partial charge in [-0.3, -0.25) is 0 Å². The molecule has 0 saturated carbocycles. The Bertz CT molecular complexity index is 741. The topological polar surface area (TPSA) is 78.8 Å². The molecule has 0 aliphatic heterocycles. The predicted octanol–water partition coefficient (Wildman–Crippen LogP) is 2.48. The number of aromatic hydroxyl groups is 1. The van der Waals surface area contributed by atoms with Crippen molar-refractivity contribution in [1.82, 2.24) is 4.83 Å². The van der Waals surface area contributed by atoms with Crippen molar-refractivity contribution in [3.63, 3.8) is 0 Å². The number of phenolic OH excluding ortho intramolecular Hbond substituents is 1. The van der Waals surface area contributed by atoms with Crippen molar-refractivity contribution >= 4 is 15.7 Å². The zero-order valence-electron chi connectivity index (χ0n) is 11.5. The van der Waals surface area contributed by atoms with Crippen LogP contribution in [0.1, 0.15) is 18.9 Å². The molecule has 2 N–H and O–H groups in total. The van der Waals surface area contributed by atoms with Crippen molar-refractivity contribution in [2.45, 2.75) is 18.2 Å². The minimum absolute atomic E-state index is 0.0667. The number of nitrogens with one attached hydrogen (secondary N) is 1. The van der Waals surface area contributed by atoms with Crippen molar-refractivity contribution in [3.05, 3.63) is 60.2 Å². The van der Waals surface area contributed by atoms with Gasteiger partial charge in [0.25, 0.3) is 10.0 Å². The molecule has 5 nitrogen and oxygen atoms in total. The molecule has 0 amide bonds. The summed E-state index contributed by atoms with van der Waals surface area (Å²) in [7, 11) is -3.71. The first-order chi connectivity index (χ1) is 10.0. The van der Waals surface area contributed by atoms with Crippen LogP contribution in [0.2, 0.25) is 0 Å². The van der Waals surface area contributed by atoms with Gasteiger partial charge >= 0.3 is 0 Å². The first-order valence-electron chi connectivity index (χ1n) is 6.46. The van der Waals surface area contributed by atoms with Gasteiger partial charge in [-0.2, -0.15) is 18.4 Å². The Kier molecular flexibility index (Phi) is 4.59. The maximum absolute atomic E-state index is 12.1. The smallest absolute Gasteiger partial charge is 0.276 e. The van der Waals surface area contributed by atoms with E-state index in [0.29, 0.717) is 17.7 Å². The lowest BCUT2D eigenvalue weighted by Crippen LogP contribution is -2.20. The van der Waals surface area contributed by atoms with Crippen LogP contribution in [-0.4, -0.2) is 19.2 Å². The largest absolute Gasteiger partial charge is 0.507 e. The zero-order valence-corrected chi connectivity index (χ0v) is 12.3. The van der Waals surface area contributed by atoms with Crippen LogP contribution in [0.15, 0.2) is 64.6 Å². The Balaban J connectivity index is 2.29. The van der Waals surface area contributed by atoms with E-state index in [2.05, 4.69) is 9.93 Å². The van der Waals surface area contributed by atoms with Crippen molar-refractivity contribution in [3.8, 4) is 5.75 Å². The molecule has 0 aliphatic rings. The normalized spacial score (nSPS) is 12.1. The third kappa shape index (κ3) is 3.61. The van der Waals surface area contributed by atoms with E-state index in [1.54, 1.807) is 36.4 Å². The first-order valence-corrected chi connectivity index (χ1v) is 7.94. The summed E-state index contributed by atoms with van der Waals surface area (Å²) < 4.78 is 24.2. The number of nitrogens with zero attached hydrogens (tertiary/aromatic N) is 1. The molecule has 2 aromatic rings. The molecule has 0 bridgehead atoms. The van der Waals surface area contributed by atoms with Gasteiger partial charge in [0, 0.05) is 5.56 Å². The molecular weight excluding hydrogens is 288 g/mol. The number of hydrazone groups is 1. The summed E-state index contributed by atoms with van der Waals surface area (Å²) >= 11 is 0. The second-order valence-electron chi connectivity index (χ2n) is 4.34. The molecule has 21 heavy (non-hydrogen) atoms. The highest BCUT2D eigenvalue weighted by molar-refractivity contribution is 7.89. The molecule has 110 valence electrons. The predicted molar refractivity (Wildman–Crippen MR) is 81.7 cm³/mol. The van der Waals surface area contributed by atoms with Gasteiger partial charge in [0.1, 0.15) is 5.75 Å². The lowest BCUT2D eigenvalue weighted by atomic mass is 10.1. The molecule has 0 atom stereocenters. The highest BCUT2D eigenvalue weighted by Gasteiger charge is 2.13. The van der Waals surface area contributed by atoms with Gasteiger partial charge in [0.15, 0.2) is 0 Å². The van der Waals surface area contributed by atoms with Crippen LogP contribution in [0.4, 0.5) is 0 Å². The van der Waals surface area contributed by atoms with Crippen LogP contribution in [0, 0.1) is 0 Å². The van der Waals surface area contributed by atoms with Gasteiger partial charge in [0.05, 0.1) is 10.6 Å². The minimum Gasteiger partial charge on any atom is -0.507 e. The fraction of sp³-hybridized carbons (Fsp3) is 0.133. The minimum atomic E-state index is -3.71. The maximum Gasteiger partial charge on any atom is 0.276 e. The van der Waals surface area contributed by atoms with Gasteiger partial charge in [-0.15, -0.1) is 0 Å². The highest BCUT2D eigenvalue weighted by Crippen LogP contribution is 2.18. The van der Waals surface area contributed by atoms with E-state index in [9.17, 15) is 13.5 Å². The molecule has 0 unspecified atom stereocenters. The highest BCUT2D eigenvalue weighted by atomic mass is 32.2. The second kappa shape index (κ2) is 6.41. The number of benzene rings is 2. The molecule has 0 aliphatic carbocycles. The maximum atomic E-state index is 12.1. The van der Waals surface area contributed by atoms with Crippen LogP contribution < -0.4 is 4.83 Å². The summed E-state index contributed by atoms with van der Waals surface area (Å²) in [5.41, 5.74) is 0.975. The number of hydrogen-bond donors (Lipinski definition) is 2. The lowest BCUT2D eigenvalue weighted by molar-refractivity contribution is 0.474. The van der Waals surface area contributed by atoms with Gasteiger partial charge in [0.2, 0.25) is 0 Å². The molecule has 2 aromatic carbocycles. The average Bonchev–Trinajstić information content (AvgIpc) is 2.50. The fourth-order valence-corrected chi connectivity index (χ4v) is 2.67. The average molecular weight is 304 g/mol. The van der Waals surface area contributed by atoms with E-state index in [4.69, 9.17) is 0 Å². The number of phenols is 1. The van der Waals surface area contributed by atoms with Gasteiger partial charge in [-0.05, 0) is 30.7 Å². The quantitative estimate of drug-likeness (QED) is 0.658. The Morgan fingerprint density at radius 2 is 1.71 bits per heavy atom. The van der Waals surface area contributed by atoms with Crippen LogP contribution in [-0.2, 0) is 10.0 Å². The number of para-hydroxylation sites is 1. The zero-order chi connectivity index (χ0) is 15.3. The standard InChI is InChI=1S/C15H16N2O3S/c1-2-14(13-10-6-7-11-15(13)18)16-17-21(19,20)12-8-4-3-5-9-12/h3-11,17-18H,2H2,1H3/b16-14+. The molecule has 0 spiro atoms. The molecule has 2 rings (SSSR count). The van der Waals surface area contributed by atoms with Crippen LogP contribution in [0.25, 0.3) is 0 Å². The van der Waals surface area contributed by atoms with E-state index in [0.717, 1.165) is 0 Å². The van der Waals surface area contributed by atoms with Crippen LogP contribution in [0.3, 0.4) is 0 Å². The van der Waals surface area contributed by atoms with E-state index >= 15 is 0 Å². The van der Waals surface area contributed by atoms with Gasteiger partial charge in [-0.25, -0.2) is 0 Å². The first kappa shape index (κ1) is 15.1. The molecular formula is C15H16N2O3S. The summed E-state index contributed by atoms with van der Waals surface area (Å²) in [6, 6.07) is 14.7. The molecule has 0 heterocycles. The van der Waals surface area contributed by atoms with E-state index in [1.165, 1.54) is 18.2 Å². The number of hydrogen-bond acceptors (Lipinski definition) is 4. The molecule has 6 heteroatoms. The van der Waals surface area contributed by atoms with Crippen molar-refractivity contribution in [2.75, 3.05) is 0 Å². The summed E-state index contributed by atoms with van der Waals surface area (Å²) in [5, 5.41) is 13.7. The third-order valence-electron chi connectivity index (χ3n) is 2.90. The van der Waals surface area contributed by atoms with Gasteiger partial charge < -0.3 is 5.11 Å². The lowest BCUT2D eigenvalue weighted by Gasteiger charge is -2.08. The van der Waals surface area contributed by atoms with E-state index in [1.807, 2.05) is 6.92 Å².